The van der Waals surface area contributed by atoms with Crippen LogP contribution >= 0.6 is 0 Å². The van der Waals surface area contributed by atoms with Crippen molar-refractivity contribution in [2.45, 2.75) is 24.8 Å². The van der Waals surface area contributed by atoms with Gasteiger partial charge in [0.05, 0.1) is 10.5 Å². The molecule has 0 aliphatic heterocycles. The minimum atomic E-state index is -3.70. The van der Waals surface area contributed by atoms with E-state index in [4.69, 9.17) is 0 Å². The molecule has 0 heterocycles. The molecule has 6 nitrogen and oxygen atoms in total. The molecule has 0 fully saturated rings. The highest BCUT2D eigenvalue weighted by Crippen LogP contribution is 2.25. The first-order chi connectivity index (χ1) is 11.3. The fourth-order valence-corrected chi connectivity index (χ4v) is 3.39. The Bertz CT molecular complexity index is 820. The lowest BCUT2D eigenvalue weighted by Gasteiger charge is -2.18. The second-order valence-electron chi connectivity index (χ2n) is 5.29. The maximum Gasteiger partial charge on any atom is 0.337 e. The van der Waals surface area contributed by atoms with Gasteiger partial charge in [0.15, 0.2) is 0 Å². The number of sulfonamides is 1. The molecule has 0 aliphatic rings. The lowest BCUT2D eigenvalue weighted by Crippen LogP contribution is -2.23. The third-order valence-corrected chi connectivity index (χ3v) is 5.08. The lowest BCUT2D eigenvalue weighted by atomic mass is 10.1. The largest absolute Gasteiger partial charge is 0.478 e. The zero-order chi connectivity index (χ0) is 17.7. The van der Waals surface area contributed by atoms with Crippen LogP contribution in [0.3, 0.4) is 0 Å². The van der Waals surface area contributed by atoms with Gasteiger partial charge in [0.2, 0.25) is 10.0 Å². The quantitative estimate of drug-likeness (QED) is 0.715. The van der Waals surface area contributed by atoms with Gasteiger partial charge in [-0.2, -0.15) is 0 Å². The van der Waals surface area contributed by atoms with E-state index in [1.54, 1.807) is 6.92 Å². The monoisotopic (exact) mass is 348 g/mol. The number of benzene rings is 2. The summed E-state index contributed by atoms with van der Waals surface area (Å²) in [5.41, 5.74) is 1.28. The first-order valence-corrected chi connectivity index (χ1v) is 9.02. The van der Waals surface area contributed by atoms with Crippen molar-refractivity contribution in [3.8, 4) is 0 Å². The van der Waals surface area contributed by atoms with Crippen LogP contribution in [0.25, 0.3) is 0 Å². The molecule has 0 bridgehead atoms. The number of carbonyl (C=O) groups is 1. The molecule has 0 aliphatic carbocycles. The molecule has 128 valence electrons. The van der Waals surface area contributed by atoms with E-state index in [0.29, 0.717) is 5.69 Å². The molecule has 0 unspecified atom stereocenters. The zero-order valence-electron chi connectivity index (χ0n) is 13.5. The third kappa shape index (κ3) is 4.12. The fourth-order valence-electron chi connectivity index (χ4n) is 2.32. The van der Waals surface area contributed by atoms with E-state index in [9.17, 15) is 18.3 Å². The second-order valence-corrected chi connectivity index (χ2v) is 7.06. The van der Waals surface area contributed by atoms with Crippen LogP contribution in [0.2, 0.25) is 0 Å². The fraction of sp³-hybridized carbons (Fsp3) is 0.235. The summed E-state index contributed by atoms with van der Waals surface area (Å²) in [5, 5.41) is 12.5. The van der Waals surface area contributed by atoms with Gasteiger partial charge in [0.1, 0.15) is 0 Å². The van der Waals surface area contributed by atoms with Crippen molar-refractivity contribution >= 4 is 21.7 Å². The number of anilines is 1. The van der Waals surface area contributed by atoms with Crippen molar-refractivity contribution in [3.63, 3.8) is 0 Å². The van der Waals surface area contributed by atoms with E-state index in [-0.39, 0.29) is 23.0 Å². The molecule has 3 N–H and O–H groups in total. The van der Waals surface area contributed by atoms with Gasteiger partial charge >= 0.3 is 5.97 Å². The van der Waals surface area contributed by atoms with Crippen LogP contribution in [-0.4, -0.2) is 26.0 Å². The average Bonchev–Trinajstić information content (AvgIpc) is 2.55. The van der Waals surface area contributed by atoms with Gasteiger partial charge < -0.3 is 10.4 Å². The highest BCUT2D eigenvalue weighted by molar-refractivity contribution is 7.89. The number of rotatable bonds is 7. The maximum atomic E-state index is 12.0. The van der Waals surface area contributed by atoms with Gasteiger partial charge in [-0.05, 0) is 30.7 Å². The molecule has 0 saturated carbocycles. The van der Waals surface area contributed by atoms with Gasteiger partial charge in [-0.15, -0.1) is 0 Å². The first-order valence-electron chi connectivity index (χ1n) is 7.53. The van der Waals surface area contributed by atoms with Crippen molar-refractivity contribution < 1.29 is 18.3 Å². The Labute approximate surface area is 141 Å². The van der Waals surface area contributed by atoms with Crippen LogP contribution in [0.5, 0.6) is 0 Å². The highest BCUT2D eigenvalue weighted by Gasteiger charge is 2.19. The van der Waals surface area contributed by atoms with E-state index < -0.39 is 16.0 Å². The van der Waals surface area contributed by atoms with Crippen molar-refractivity contribution in [1.29, 1.82) is 0 Å². The summed E-state index contributed by atoms with van der Waals surface area (Å²) in [6, 6.07) is 13.5. The molecule has 0 radical (unpaired) electrons. The Morgan fingerprint density at radius 1 is 1.17 bits per heavy atom. The molecule has 0 amide bonds. The van der Waals surface area contributed by atoms with Crippen LogP contribution in [-0.2, 0) is 10.0 Å². The van der Waals surface area contributed by atoms with Gasteiger partial charge in [0.25, 0.3) is 0 Å². The van der Waals surface area contributed by atoms with Crippen molar-refractivity contribution in [1.82, 2.24) is 4.72 Å². The smallest absolute Gasteiger partial charge is 0.337 e. The van der Waals surface area contributed by atoms with Crippen molar-refractivity contribution in [2.75, 3.05) is 11.9 Å². The molecule has 0 aromatic heterocycles. The number of carboxylic acid groups (broad SMARTS) is 1. The summed E-state index contributed by atoms with van der Waals surface area (Å²) >= 11 is 0. The molecule has 2 aromatic rings. The molecule has 1 atom stereocenters. The van der Waals surface area contributed by atoms with E-state index >= 15 is 0 Å². The maximum absolute atomic E-state index is 12.0. The molecular weight excluding hydrogens is 328 g/mol. The lowest BCUT2D eigenvalue weighted by molar-refractivity contribution is 0.0697. The topological polar surface area (TPSA) is 95.5 Å². The summed E-state index contributed by atoms with van der Waals surface area (Å²) in [7, 11) is -3.70. The third-order valence-electron chi connectivity index (χ3n) is 3.54. The minimum absolute atomic E-state index is 0.0698. The van der Waals surface area contributed by atoms with Crippen molar-refractivity contribution in [2.24, 2.45) is 0 Å². The van der Waals surface area contributed by atoms with Gasteiger partial charge in [-0.3, -0.25) is 0 Å². The van der Waals surface area contributed by atoms with Crippen LogP contribution in [0.15, 0.2) is 53.4 Å². The Hall–Kier alpha value is -2.38. The van der Waals surface area contributed by atoms with Gasteiger partial charge in [0, 0.05) is 18.3 Å². The zero-order valence-corrected chi connectivity index (χ0v) is 14.3. The van der Waals surface area contributed by atoms with Gasteiger partial charge in [-0.1, -0.05) is 37.3 Å². The van der Waals surface area contributed by atoms with E-state index in [1.165, 1.54) is 18.2 Å². The predicted octanol–water partition coefficient (Wildman–Crippen LogP) is 2.86. The minimum Gasteiger partial charge on any atom is -0.478 e. The highest BCUT2D eigenvalue weighted by atomic mass is 32.2. The normalized spacial score (nSPS) is 12.6. The molecule has 2 aromatic carbocycles. The molecule has 0 saturated heterocycles. The number of hydrogen-bond acceptors (Lipinski definition) is 4. The first kappa shape index (κ1) is 18.0. The summed E-state index contributed by atoms with van der Waals surface area (Å²) in [5.74, 6) is -1.19. The van der Waals surface area contributed by atoms with Crippen molar-refractivity contribution in [3.05, 3.63) is 59.7 Å². The molecular formula is C17H20N2O4S. The van der Waals surface area contributed by atoms with Crippen LogP contribution in [0.1, 0.15) is 35.8 Å². The molecule has 24 heavy (non-hydrogen) atoms. The number of hydrogen-bond donors (Lipinski definition) is 3. The molecule has 2 rings (SSSR count). The van der Waals surface area contributed by atoms with Crippen LogP contribution in [0, 0.1) is 0 Å². The summed E-state index contributed by atoms with van der Waals surface area (Å²) in [6.45, 7) is 3.80. The molecule has 0 spiro atoms. The molecule has 7 heteroatoms. The summed E-state index contributed by atoms with van der Waals surface area (Å²) in [4.78, 5) is 11.5. The summed E-state index contributed by atoms with van der Waals surface area (Å²) < 4.78 is 26.4. The Kier molecular flexibility index (Phi) is 5.58. The van der Waals surface area contributed by atoms with Gasteiger partial charge in [-0.25, -0.2) is 17.9 Å². The predicted molar refractivity (Wildman–Crippen MR) is 92.7 cm³/mol. The summed E-state index contributed by atoms with van der Waals surface area (Å²) in [6.07, 6.45) is 0. The van der Waals surface area contributed by atoms with Crippen LogP contribution in [0.4, 0.5) is 5.69 Å². The number of nitrogens with one attached hydrogen (secondary N) is 2. The van der Waals surface area contributed by atoms with E-state index in [2.05, 4.69) is 10.0 Å². The second kappa shape index (κ2) is 7.46. The Balaban J connectivity index is 2.36. The Morgan fingerprint density at radius 2 is 1.83 bits per heavy atom. The number of carboxylic acids is 1. The Morgan fingerprint density at radius 3 is 2.42 bits per heavy atom. The average molecular weight is 348 g/mol. The van der Waals surface area contributed by atoms with Crippen LogP contribution < -0.4 is 10.0 Å². The SMILES string of the molecule is CCNS(=O)(=O)c1ccc(N[C@@H](C)c2ccccc2)c(C(=O)O)c1. The van der Waals surface area contributed by atoms with E-state index in [0.717, 1.165) is 5.56 Å². The standard InChI is InChI=1S/C17H20N2O4S/c1-3-18-24(22,23)14-9-10-16(15(11-14)17(20)21)19-12(2)13-7-5-4-6-8-13/h4-12,18-19H,3H2,1-2H3,(H,20,21)/t12-/m0/s1. The van der Waals surface area contributed by atoms with E-state index in [1.807, 2.05) is 37.3 Å². The number of aromatic carboxylic acids is 1.